The molecular formula is C7H8F2INO. The molecule has 0 amide bonds. The predicted molar refractivity (Wildman–Crippen MR) is 49.1 cm³/mol. The first-order valence-corrected chi connectivity index (χ1v) is 4.49. The van der Waals surface area contributed by atoms with Gasteiger partial charge in [-0.2, -0.15) is 0 Å². The molecule has 0 aliphatic heterocycles. The van der Waals surface area contributed by atoms with Crippen molar-refractivity contribution in [2.45, 2.75) is 13.0 Å². The Hall–Kier alpha value is -0.170. The maximum atomic E-state index is 11.6. The molecule has 0 aliphatic carbocycles. The van der Waals surface area contributed by atoms with Crippen molar-refractivity contribution in [2.75, 3.05) is 6.54 Å². The van der Waals surface area contributed by atoms with Gasteiger partial charge in [-0.25, -0.2) is 8.78 Å². The van der Waals surface area contributed by atoms with Crippen LogP contribution in [0.2, 0.25) is 0 Å². The molecule has 0 bridgehead atoms. The highest BCUT2D eigenvalue weighted by molar-refractivity contribution is 14.1. The average Bonchev–Trinajstić information content (AvgIpc) is 2.35. The Bertz CT molecular complexity index is 239. The van der Waals surface area contributed by atoms with Crippen molar-refractivity contribution < 1.29 is 13.2 Å². The summed E-state index contributed by atoms with van der Waals surface area (Å²) < 4.78 is 29.2. The lowest BCUT2D eigenvalue weighted by Crippen LogP contribution is -2.20. The largest absolute Gasteiger partial charge is 0.454 e. The fourth-order valence-electron chi connectivity index (χ4n) is 0.751. The van der Waals surface area contributed by atoms with Crippen LogP contribution < -0.4 is 5.32 Å². The molecule has 5 heteroatoms. The first-order valence-electron chi connectivity index (χ1n) is 3.41. The Kier molecular flexibility index (Phi) is 3.93. The molecule has 0 aliphatic rings. The molecule has 0 radical (unpaired) electrons. The van der Waals surface area contributed by atoms with Crippen molar-refractivity contribution in [3.8, 4) is 0 Å². The Morgan fingerprint density at radius 3 is 2.75 bits per heavy atom. The fourth-order valence-corrected chi connectivity index (χ4v) is 1.21. The third-order valence-electron chi connectivity index (χ3n) is 1.23. The number of hydrogen-bond acceptors (Lipinski definition) is 2. The normalized spacial score (nSPS) is 11.0. The molecule has 0 saturated heterocycles. The number of alkyl halides is 2. The van der Waals surface area contributed by atoms with Crippen molar-refractivity contribution >= 4 is 22.6 Å². The van der Waals surface area contributed by atoms with Gasteiger partial charge in [-0.1, -0.05) is 0 Å². The molecule has 0 aromatic carbocycles. The van der Waals surface area contributed by atoms with Crippen molar-refractivity contribution in [1.29, 1.82) is 0 Å². The van der Waals surface area contributed by atoms with E-state index in [1.165, 1.54) is 0 Å². The van der Waals surface area contributed by atoms with E-state index < -0.39 is 6.43 Å². The third-order valence-corrected chi connectivity index (χ3v) is 1.81. The molecule has 12 heavy (non-hydrogen) atoms. The number of halogens is 3. The molecule has 1 aromatic rings. The van der Waals surface area contributed by atoms with Gasteiger partial charge in [0.15, 0.2) is 3.77 Å². The molecular weight excluding hydrogens is 279 g/mol. The maximum Gasteiger partial charge on any atom is 0.250 e. The zero-order valence-electron chi connectivity index (χ0n) is 6.19. The predicted octanol–water partition coefficient (Wildman–Crippen LogP) is 2.24. The Labute approximate surface area is 82.5 Å². The van der Waals surface area contributed by atoms with Crippen molar-refractivity contribution in [3.63, 3.8) is 0 Å². The second-order valence-corrected chi connectivity index (χ2v) is 3.29. The number of nitrogens with one attached hydrogen (secondary N) is 1. The van der Waals surface area contributed by atoms with E-state index in [1.807, 2.05) is 22.6 Å². The Morgan fingerprint density at radius 2 is 2.25 bits per heavy atom. The van der Waals surface area contributed by atoms with Gasteiger partial charge in [-0.3, -0.25) is 0 Å². The van der Waals surface area contributed by atoms with Crippen LogP contribution in [0.5, 0.6) is 0 Å². The number of hydrogen-bond donors (Lipinski definition) is 1. The molecule has 0 unspecified atom stereocenters. The highest BCUT2D eigenvalue weighted by Gasteiger charge is 2.02. The van der Waals surface area contributed by atoms with Gasteiger partial charge < -0.3 is 9.73 Å². The molecule has 0 atom stereocenters. The van der Waals surface area contributed by atoms with Crippen LogP contribution in [0.4, 0.5) is 8.78 Å². The molecule has 0 spiro atoms. The SMILES string of the molecule is FC(F)CNCc1ccc(I)o1. The van der Waals surface area contributed by atoms with Crippen LogP contribution in [-0.2, 0) is 6.54 Å². The van der Waals surface area contributed by atoms with Gasteiger partial charge in [0.1, 0.15) is 5.76 Å². The summed E-state index contributed by atoms with van der Waals surface area (Å²) in [4.78, 5) is 0. The quantitative estimate of drug-likeness (QED) is 0.859. The van der Waals surface area contributed by atoms with Gasteiger partial charge in [0.25, 0.3) is 6.43 Å². The van der Waals surface area contributed by atoms with E-state index in [1.54, 1.807) is 12.1 Å². The van der Waals surface area contributed by atoms with Crippen LogP contribution in [0.1, 0.15) is 5.76 Å². The summed E-state index contributed by atoms with van der Waals surface area (Å²) in [6.07, 6.45) is -2.31. The van der Waals surface area contributed by atoms with Gasteiger partial charge in [-0.05, 0) is 34.7 Å². The first-order chi connectivity index (χ1) is 5.68. The van der Waals surface area contributed by atoms with E-state index in [9.17, 15) is 8.78 Å². The molecule has 1 heterocycles. The minimum absolute atomic E-state index is 0.294. The van der Waals surface area contributed by atoms with E-state index in [0.29, 0.717) is 12.3 Å². The Balaban J connectivity index is 2.24. The second kappa shape index (κ2) is 4.76. The molecule has 68 valence electrons. The van der Waals surface area contributed by atoms with Gasteiger partial charge in [0.05, 0.1) is 13.1 Å². The standard InChI is InChI=1S/C7H8F2INO/c8-6(9)4-11-3-5-1-2-7(10)12-5/h1-2,6,11H,3-4H2. The van der Waals surface area contributed by atoms with Crippen LogP contribution >= 0.6 is 22.6 Å². The molecule has 0 fully saturated rings. The monoisotopic (exact) mass is 287 g/mol. The van der Waals surface area contributed by atoms with Gasteiger partial charge in [-0.15, -0.1) is 0 Å². The van der Waals surface area contributed by atoms with Crippen molar-refractivity contribution in [2.24, 2.45) is 0 Å². The molecule has 2 nitrogen and oxygen atoms in total. The van der Waals surface area contributed by atoms with Gasteiger partial charge >= 0.3 is 0 Å². The summed E-state index contributed by atoms with van der Waals surface area (Å²) in [7, 11) is 0. The average molecular weight is 287 g/mol. The van der Waals surface area contributed by atoms with E-state index in [2.05, 4.69) is 5.32 Å². The van der Waals surface area contributed by atoms with E-state index in [-0.39, 0.29) is 6.54 Å². The van der Waals surface area contributed by atoms with Crippen molar-refractivity contribution in [1.82, 2.24) is 5.32 Å². The zero-order chi connectivity index (χ0) is 8.97. The third kappa shape index (κ3) is 3.48. The fraction of sp³-hybridized carbons (Fsp3) is 0.429. The zero-order valence-corrected chi connectivity index (χ0v) is 8.35. The van der Waals surface area contributed by atoms with Crippen LogP contribution in [0, 0.1) is 3.77 Å². The summed E-state index contributed by atoms with van der Waals surface area (Å²) in [6, 6.07) is 3.56. The highest BCUT2D eigenvalue weighted by atomic mass is 127. The summed E-state index contributed by atoms with van der Waals surface area (Å²) in [5, 5.41) is 2.57. The van der Waals surface area contributed by atoms with Crippen LogP contribution in [-0.4, -0.2) is 13.0 Å². The van der Waals surface area contributed by atoms with E-state index >= 15 is 0 Å². The summed E-state index contributed by atoms with van der Waals surface area (Å²) >= 11 is 2.02. The van der Waals surface area contributed by atoms with E-state index in [0.717, 1.165) is 3.77 Å². The van der Waals surface area contributed by atoms with Crippen LogP contribution in [0.3, 0.4) is 0 Å². The van der Waals surface area contributed by atoms with Crippen molar-refractivity contribution in [3.05, 3.63) is 21.7 Å². The molecule has 1 aromatic heterocycles. The summed E-state index contributed by atoms with van der Waals surface area (Å²) in [6.45, 7) is 0.0601. The highest BCUT2D eigenvalue weighted by Crippen LogP contribution is 2.09. The second-order valence-electron chi connectivity index (χ2n) is 2.23. The minimum Gasteiger partial charge on any atom is -0.454 e. The first kappa shape index (κ1) is 9.91. The Morgan fingerprint density at radius 1 is 1.50 bits per heavy atom. The van der Waals surface area contributed by atoms with E-state index in [4.69, 9.17) is 4.42 Å². The maximum absolute atomic E-state index is 11.6. The molecule has 0 saturated carbocycles. The minimum atomic E-state index is -2.31. The lowest BCUT2D eigenvalue weighted by molar-refractivity contribution is 0.144. The lowest BCUT2D eigenvalue weighted by Gasteiger charge is -1.99. The molecule has 1 rings (SSSR count). The smallest absolute Gasteiger partial charge is 0.250 e. The lowest BCUT2D eigenvalue weighted by atomic mass is 10.4. The summed E-state index contributed by atoms with van der Waals surface area (Å²) in [5.74, 6) is 0.681. The van der Waals surface area contributed by atoms with Gasteiger partial charge in [0, 0.05) is 0 Å². The number of rotatable bonds is 4. The molecule has 1 N–H and O–H groups in total. The topological polar surface area (TPSA) is 25.2 Å². The van der Waals surface area contributed by atoms with Crippen LogP contribution in [0.25, 0.3) is 0 Å². The number of furan rings is 1. The van der Waals surface area contributed by atoms with Crippen LogP contribution in [0.15, 0.2) is 16.5 Å². The summed E-state index contributed by atoms with van der Waals surface area (Å²) in [5.41, 5.74) is 0. The van der Waals surface area contributed by atoms with Gasteiger partial charge in [0.2, 0.25) is 0 Å².